The first-order valence-electron chi connectivity index (χ1n) is 12.7. The number of nitrogens with zero attached hydrogens (tertiary/aromatic N) is 5. The number of benzene rings is 2. The lowest BCUT2D eigenvalue weighted by molar-refractivity contribution is 0.0263. The smallest absolute Gasteiger partial charge is 0.412 e. The Kier molecular flexibility index (Phi) is 6.59. The second kappa shape index (κ2) is 10.2. The molecule has 2 amide bonds. The van der Waals surface area contributed by atoms with Crippen LogP contribution in [0, 0.1) is 12.7 Å². The van der Waals surface area contributed by atoms with Gasteiger partial charge in [0.15, 0.2) is 11.4 Å². The Bertz CT molecular complexity index is 1610. The summed E-state index contributed by atoms with van der Waals surface area (Å²) >= 11 is 6.04. The minimum atomic E-state index is -1.24. The summed E-state index contributed by atoms with van der Waals surface area (Å²) in [7, 11) is 0. The number of hydrogen-bond donors (Lipinski definition) is 2. The normalized spacial score (nSPS) is 17.9. The zero-order valence-electron chi connectivity index (χ0n) is 21.5. The van der Waals surface area contributed by atoms with E-state index in [1.165, 1.54) is 18.5 Å². The molecule has 0 aliphatic carbocycles. The van der Waals surface area contributed by atoms with Crippen LogP contribution >= 0.6 is 11.6 Å². The van der Waals surface area contributed by atoms with Crippen LogP contribution in [0.15, 0.2) is 61.2 Å². The van der Waals surface area contributed by atoms with Gasteiger partial charge in [-0.25, -0.2) is 14.2 Å². The molecule has 0 radical (unpaired) electrons. The molecule has 2 aliphatic heterocycles. The van der Waals surface area contributed by atoms with Crippen LogP contribution in [0.4, 0.5) is 20.7 Å². The average molecular weight is 562 g/mol. The topological polar surface area (TPSA) is 114 Å². The largest absolute Gasteiger partial charge is 0.436 e. The first kappa shape index (κ1) is 25.8. The number of carbonyl (C=O) groups excluding carboxylic acids is 2. The maximum atomic E-state index is 15.1. The molecule has 2 aliphatic rings. The third kappa shape index (κ3) is 4.95. The molecule has 40 heavy (non-hydrogen) atoms. The molecule has 10 nitrogen and oxygen atoms in total. The van der Waals surface area contributed by atoms with Gasteiger partial charge in [-0.3, -0.25) is 19.8 Å². The van der Waals surface area contributed by atoms with E-state index in [0.29, 0.717) is 37.6 Å². The highest BCUT2D eigenvalue weighted by molar-refractivity contribution is 6.31. The van der Waals surface area contributed by atoms with Crippen molar-refractivity contribution in [1.82, 2.24) is 25.1 Å². The predicted octanol–water partition coefficient (Wildman–Crippen LogP) is 4.42. The minimum absolute atomic E-state index is 0.0579. The second-order valence-corrected chi connectivity index (χ2v) is 10.3. The van der Waals surface area contributed by atoms with Gasteiger partial charge >= 0.3 is 6.09 Å². The summed E-state index contributed by atoms with van der Waals surface area (Å²) in [6.07, 6.45) is 6.36. The number of anilines is 2. The zero-order valence-corrected chi connectivity index (χ0v) is 22.3. The zero-order chi connectivity index (χ0) is 27.9. The average Bonchev–Trinajstić information content (AvgIpc) is 3.56. The number of aryl methyl sites for hydroxylation is 1. The molecule has 1 saturated heterocycles. The maximum absolute atomic E-state index is 15.1. The Labute approximate surface area is 234 Å². The molecule has 2 aromatic carbocycles. The van der Waals surface area contributed by atoms with E-state index in [2.05, 4.69) is 25.7 Å². The standard InChI is InChI=1S/C28H25ClFN7O3/c1-17-10-33-37(14-17)15-19-4-2-18(3-5-19)11-32-26(38)22-12-31-13-23(34-22)36-9-8-28(16-36)24-21(35-27(39)40-28)7-6-20(29)25(24)30/h2-7,10,12-14H,8-9,11,15-16H2,1H3,(H,32,38)(H,35,39)/t28-/m1/s1. The highest BCUT2D eigenvalue weighted by atomic mass is 35.5. The van der Waals surface area contributed by atoms with Crippen molar-refractivity contribution < 1.29 is 18.7 Å². The Morgan fingerprint density at radius 2 is 1.98 bits per heavy atom. The van der Waals surface area contributed by atoms with Gasteiger partial charge in [0.1, 0.15) is 11.5 Å². The molecule has 0 unspecified atom stereocenters. The molecular weight excluding hydrogens is 537 g/mol. The molecule has 1 spiro atoms. The number of amides is 2. The van der Waals surface area contributed by atoms with E-state index < -0.39 is 17.5 Å². The van der Waals surface area contributed by atoms with E-state index in [0.717, 1.165) is 16.7 Å². The van der Waals surface area contributed by atoms with Crippen molar-refractivity contribution >= 4 is 35.1 Å². The fourth-order valence-electron chi connectivity index (χ4n) is 5.12. The summed E-state index contributed by atoms with van der Waals surface area (Å²) in [5.74, 6) is -0.595. The lowest BCUT2D eigenvalue weighted by atomic mass is 9.89. The van der Waals surface area contributed by atoms with Gasteiger partial charge < -0.3 is 15.0 Å². The number of rotatable bonds is 6. The second-order valence-electron chi connectivity index (χ2n) is 9.94. The van der Waals surface area contributed by atoms with Crippen molar-refractivity contribution in [1.29, 1.82) is 0 Å². The van der Waals surface area contributed by atoms with Crippen LogP contribution in [0.1, 0.15) is 39.2 Å². The molecule has 204 valence electrons. The van der Waals surface area contributed by atoms with Gasteiger partial charge in [0, 0.05) is 25.7 Å². The first-order valence-corrected chi connectivity index (χ1v) is 13.1. The monoisotopic (exact) mass is 561 g/mol. The van der Waals surface area contributed by atoms with Gasteiger partial charge in [0.05, 0.1) is 48.0 Å². The molecule has 12 heteroatoms. The van der Waals surface area contributed by atoms with Crippen LogP contribution in [-0.2, 0) is 23.4 Å². The maximum Gasteiger partial charge on any atom is 0.412 e. The lowest BCUT2D eigenvalue weighted by Gasteiger charge is -2.35. The molecule has 0 saturated carbocycles. The Morgan fingerprint density at radius 1 is 1.18 bits per heavy atom. The summed E-state index contributed by atoms with van der Waals surface area (Å²) < 4.78 is 22.6. The van der Waals surface area contributed by atoms with Crippen molar-refractivity contribution in [2.75, 3.05) is 23.3 Å². The number of halogens is 2. The van der Waals surface area contributed by atoms with E-state index in [4.69, 9.17) is 16.3 Å². The minimum Gasteiger partial charge on any atom is -0.436 e. The summed E-state index contributed by atoms with van der Waals surface area (Å²) in [5.41, 5.74) is 2.57. The number of hydrogen-bond acceptors (Lipinski definition) is 7. The van der Waals surface area contributed by atoms with Gasteiger partial charge in [-0.2, -0.15) is 5.10 Å². The molecule has 4 aromatic rings. The van der Waals surface area contributed by atoms with E-state index in [9.17, 15) is 9.59 Å². The first-order chi connectivity index (χ1) is 19.3. The molecule has 1 atom stereocenters. The van der Waals surface area contributed by atoms with Gasteiger partial charge in [0.25, 0.3) is 5.91 Å². The van der Waals surface area contributed by atoms with Crippen LogP contribution in [0.2, 0.25) is 5.02 Å². The third-order valence-corrected chi connectivity index (χ3v) is 7.36. The van der Waals surface area contributed by atoms with Crippen molar-refractivity contribution in [2.45, 2.75) is 32.0 Å². The SMILES string of the molecule is Cc1cnn(Cc2ccc(CNC(=O)c3cncc(N4CC[C@]5(C4)OC(=O)Nc4ccc(Cl)c(F)c45)n3)cc2)c1. The highest BCUT2D eigenvalue weighted by Gasteiger charge is 2.50. The molecule has 4 heterocycles. The Balaban J connectivity index is 1.12. The van der Waals surface area contributed by atoms with E-state index in [1.54, 1.807) is 6.07 Å². The molecule has 2 N–H and O–H groups in total. The number of carbonyl (C=O) groups is 2. The van der Waals surface area contributed by atoms with E-state index in [1.807, 2.05) is 53.2 Å². The van der Waals surface area contributed by atoms with E-state index in [-0.39, 0.29) is 28.7 Å². The number of ether oxygens (including phenoxy) is 1. The van der Waals surface area contributed by atoms with Crippen molar-refractivity contribution in [3.05, 3.63) is 100.0 Å². The Hall–Kier alpha value is -4.51. The fraction of sp³-hybridized carbons (Fsp3) is 0.250. The summed E-state index contributed by atoms with van der Waals surface area (Å²) in [4.78, 5) is 35.7. The summed E-state index contributed by atoms with van der Waals surface area (Å²) in [5, 5.41) is 9.66. The third-order valence-electron chi connectivity index (χ3n) is 7.07. The molecule has 1 fully saturated rings. The molecule has 0 bridgehead atoms. The van der Waals surface area contributed by atoms with Crippen molar-refractivity contribution in [3.63, 3.8) is 0 Å². The molecular formula is C28H25ClFN7O3. The van der Waals surface area contributed by atoms with Crippen LogP contribution < -0.4 is 15.5 Å². The number of fused-ring (bicyclic) bond motifs is 2. The van der Waals surface area contributed by atoms with Crippen LogP contribution in [0.5, 0.6) is 0 Å². The van der Waals surface area contributed by atoms with E-state index >= 15 is 4.39 Å². The van der Waals surface area contributed by atoms with Gasteiger partial charge in [-0.05, 0) is 35.7 Å². The lowest BCUT2D eigenvalue weighted by Crippen LogP contribution is -2.42. The van der Waals surface area contributed by atoms with Crippen LogP contribution in [0.25, 0.3) is 0 Å². The predicted molar refractivity (Wildman–Crippen MR) is 146 cm³/mol. The quantitative estimate of drug-likeness (QED) is 0.358. The molecule has 6 rings (SSSR count). The van der Waals surface area contributed by atoms with Crippen LogP contribution in [-0.4, -0.2) is 44.8 Å². The van der Waals surface area contributed by atoms with Gasteiger partial charge in [-0.1, -0.05) is 35.9 Å². The highest BCUT2D eigenvalue weighted by Crippen LogP contribution is 2.46. The Morgan fingerprint density at radius 3 is 2.75 bits per heavy atom. The number of aromatic nitrogens is 4. The van der Waals surface area contributed by atoms with Crippen LogP contribution in [0.3, 0.4) is 0 Å². The van der Waals surface area contributed by atoms with Crippen molar-refractivity contribution in [3.8, 4) is 0 Å². The van der Waals surface area contributed by atoms with Gasteiger partial charge in [0.2, 0.25) is 0 Å². The molecule has 2 aromatic heterocycles. The number of nitrogens with one attached hydrogen (secondary N) is 2. The van der Waals surface area contributed by atoms with Crippen molar-refractivity contribution in [2.24, 2.45) is 0 Å². The fourth-order valence-corrected chi connectivity index (χ4v) is 5.28. The van der Waals surface area contributed by atoms with Gasteiger partial charge in [-0.15, -0.1) is 0 Å². The summed E-state index contributed by atoms with van der Waals surface area (Å²) in [6, 6.07) is 10.9. The summed E-state index contributed by atoms with van der Waals surface area (Å²) in [6.45, 7) is 3.52.